The van der Waals surface area contributed by atoms with E-state index in [4.69, 9.17) is 10.5 Å². The number of carbonyl (C=O) groups is 2. The fraction of sp³-hybridized carbons (Fsp3) is 0.462. The first-order valence-electron chi connectivity index (χ1n) is 6.80. The van der Waals surface area contributed by atoms with Gasteiger partial charge in [0.15, 0.2) is 12.7 Å². The molecule has 1 aromatic heterocycles. The van der Waals surface area contributed by atoms with Crippen molar-refractivity contribution < 1.29 is 33.0 Å². The standard InChI is InChI=1S/C13H14F2N3O6/c14-13(15)10(21)7(6-23-9(20)2-1-5-19)24-11(13)18-4-3-8(16)17-12(18)22/h3-7,10-11,21H,1-2H2,(H2,16,17,22)/t7-,10-,11-/m1/s1. The van der Waals surface area contributed by atoms with Gasteiger partial charge in [-0.3, -0.25) is 9.36 Å². The second-order valence-electron chi connectivity index (χ2n) is 4.95. The van der Waals surface area contributed by atoms with Gasteiger partial charge in [-0.15, -0.1) is 0 Å². The van der Waals surface area contributed by atoms with Gasteiger partial charge in [0.1, 0.15) is 18.2 Å². The lowest BCUT2D eigenvalue weighted by molar-refractivity contribution is -0.145. The lowest BCUT2D eigenvalue weighted by atomic mass is 10.1. The number of rotatable bonds is 6. The van der Waals surface area contributed by atoms with Crippen LogP contribution in [0.2, 0.25) is 0 Å². The van der Waals surface area contributed by atoms with Crippen LogP contribution in [0.5, 0.6) is 0 Å². The molecule has 1 aliphatic heterocycles. The second-order valence-corrected chi connectivity index (χ2v) is 4.95. The lowest BCUT2D eigenvalue weighted by Crippen LogP contribution is -2.41. The molecule has 3 atom stereocenters. The third-order valence-electron chi connectivity index (χ3n) is 3.22. The molecule has 0 bridgehead atoms. The van der Waals surface area contributed by atoms with Crippen LogP contribution in [0.15, 0.2) is 17.1 Å². The third kappa shape index (κ3) is 3.57. The van der Waals surface area contributed by atoms with Crippen molar-refractivity contribution in [2.24, 2.45) is 0 Å². The van der Waals surface area contributed by atoms with Gasteiger partial charge in [-0.1, -0.05) is 0 Å². The fourth-order valence-electron chi connectivity index (χ4n) is 2.02. The predicted octanol–water partition coefficient (Wildman–Crippen LogP) is -0.597. The molecule has 0 unspecified atom stereocenters. The van der Waals surface area contributed by atoms with E-state index in [0.717, 1.165) is 12.3 Å². The van der Waals surface area contributed by atoms with Gasteiger partial charge < -0.3 is 25.1 Å². The molecule has 0 aromatic carbocycles. The number of hydrogen-bond donors (Lipinski definition) is 2. The van der Waals surface area contributed by atoms with Crippen molar-refractivity contribution in [3.05, 3.63) is 29.4 Å². The number of ether oxygens (including phenoxy) is 2. The summed E-state index contributed by atoms with van der Waals surface area (Å²) in [5.41, 5.74) is 4.19. The molecule has 1 fully saturated rings. The molecule has 1 saturated heterocycles. The van der Waals surface area contributed by atoms with Crippen LogP contribution in [0.1, 0.15) is 19.1 Å². The van der Waals surface area contributed by atoms with Gasteiger partial charge in [0.2, 0.25) is 6.23 Å². The highest BCUT2D eigenvalue weighted by molar-refractivity contribution is 5.72. The molecule has 0 saturated carbocycles. The van der Waals surface area contributed by atoms with Gasteiger partial charge in [0.05, 0.1) is 6.42 Å². The van der Waals surface area contributed by atoms with Crippen molar-refractivity contribution in [3.8, 4) is 0 Å². The number of anilines is 1. The predicted molar refractivity (Wildman–Crippen MR) is 73.5 cm³/mol. The summed E-state index contributed by atoms with van der Waals surface area (Å²) in [6.07, 6.45) is -5.07. The number of aliphatic hydroxyl groups is 1. The molecule has 1 radical (unpaired) electrons. The average Bonchev–Trinajstić information content (AvgIpc) is 2.74. The Morgan fingerprint density at radius 3 is 2.92 bits per heavy atom. The molecule has 2 heterocycles. The largest absolute Gasteiger partial charge is 0.455 e. The zero-order valence-electron chi connectivity index (χ0n) is 12.2. The number of hydrogen-bond acceptors (Lipinski definition) is 8. The Morgan fingerprint density at radius 2 is 2.29 bits per heavy atom. The van der Waals surface area contributed by atoms with Crippen molar-refractivity contribution in [2.75, 3.05) is 5.73 Å². The minimum Gasteiger partial charge on any atom is -0.455 e. The smallest absolute Gasteiger partial charge is 0.351 e. The van der Waals surface area contributed by atoms with E-state index in [-0.39, 0.29) is 18.7 Å². The molecule has 9 nitrogen and oxygen atoms in total. The Morgan fingerprint density at radius 1 is 1.58 bits per heavy atom. The highest BCUT2D eigenvalue weighted by Crippen LogP contribution is 2.43. The number of aromatic nitrogens is 2. The number of carbonyl (C=O) groups excluding carboxylic acids is 2. The first kappa shape index (κ1) is 17.9. The maximum absolute atomic E-state index is 14.1. The molecule has 0 spiro atoms. The van der Waals surface area contributed by atoms with Crippen LogP contribution in [0.4, 0.5) is 14.6 Å². The molecule has 11 heteroatoms. The van der Waals surface area contributed by atoms with Crippen molar-refractivity contribution in [1.29, 1.82) is 0 Å². The number of halogens is 2. The Balaban J connectivity index is 2.11. The summed E-state index contributed by atoms with van der Waals surface area (Å²) >= 11 is 0. The molecular formula is C13H14F2N3O6. The van der Waals surface area contributed by atoms with Crippen molar-refractivity contribution in [2.45, 2.75) is 37.2 Å². The molecule has 1 aromatic rings. The number of nitrogen functional groups attached to an aromatic ring is 1. The maximum Gasteiger partial charge on any atom is 0.351 e. The zero-order chi connectivity index (χ0) is 17.9. The number of esters is 1. The van der Waals surface area contributed by atoms with Gasteiger partial charge in [-0.25, -0.2) is 4.79 Å². The van der Waals surface area contributed by atoms with Crippen LogP contribution in [0, 0.1) is 6.61 Å². The highest BCUT2D eigenvalue weighted by atomic mass is 19.3. The number of nitrogens with zero attached hydrogens (tertiary/aromatic N) is 2. The minimum atomic E-state index is -3.85. The Labute approximate surface area is 134 Å². The van der Waals surface area contributed by atoms with E-state index in [0.29, 0.717) is 17.5 Å². The van der Waals surface area contributed by atoms with Crippen LogP contribution < -0.4 is 11.4 Å². The summed E-state index contributed by atoms with van der Waals surface area (Å²) in [5.74, 6) is -4.86. The topological polar surface area (TPSA) is 134 Å². The van der Waals surface area contributed by atoms with Crippen LogP contribution in [-0.2, 0) is 19.1 Å². The number of nitrogens with two attached hydrogens (primary N) is 1. The normalized spacial score (nSPS) is 25.4. The van der Waals surface area contributed by atoms with Crippen LogP contribution in [-0.4, -0.2) is 45.0 Å². The number of aldehydes is 1. The van der Waals surface area contributed by atoms with Crippen LogP contribution >= 0.6 is 0 Å². The van der Waals surface area contributed by atoms with E-state index < -0.39 is 36.0 Å². The van der Waals surface area contributed by atoms with E-state index in [1.54, 1.807) is 0 Å². The van der Waals surface area contributed by atoms with Gasteiger partial charge in [0.25, 0.3) is 0 Å². The van der Waals surface area contributed by atoms with Gasteiger partial charge in [-0.2, -0.15) is 13.8 Å². The summed E-state index contributed by atoms with van der Waals surface area (Å²) < 4.78 is 38.3. The van der Waals surface area contributed by atoms with Crippen molar-refractivity contribution in [3.63, 3.8) is 0 Å². The molecule has 131 valence electrons. The fourth-order valence-corrected chi connectivity index (χ4v) is 2.02. The van der Waals surface area contributed by atoms with Gasteiger partial charge in [-0.05, 0) is 6.07 Å². The summed E-state index contributed by atoms with van der Waals surface area (Å²) in [5, 5.41) is 9.67. The summed E-state index contributed by atoms with van der Waals surface area (Å²) in [6.45, 7) is 0.599. The van der Waals surface area contributed by atoms with E-state index in [1.165, 1.54) is 0 Å². The maximum atomic E-state index is 14.1. The van der Waals surface area contributed by atoms with Crippen LogP contribution in [0.25, 0.3) is 0 Å². The van der Waals surface area contributed by atoms with E-state index >= 15 is 0 Å². The summed E-state index contributed by atoms with van der Waals surface area (Å²) in [4.78, 5) is 36.4. The molecule has 0 aliphatic carbocycles. The monoisotopic (exact) mass is 346 g/mol. The first-order valence-corrected chi connectivity index (χ1v) is 6.80. The molecule has 3 N–H and O–H groups in total. The zero-order valence-corrected chi connectivity index (χ0v) is 12.2. The minimum absolute atomic E-state index is 0.0912. The first-order chi connectivity index (χ1) is 11.3. The molecule has 0 amide bonds. The lowest BCUT2D eigenvalue weighted by Gasteiger charge is -2.20. The second kappa shape index (κ2) is 7.01. The average molecular weight is 346 g/mol. The quantitative estimate of drug-likeness (QED) is 0.515. The Hall–Kier alpha value is -2.40. The van der Waals surface area contributed by atoms with Gasteiger partial charge in [0, 0.05) is 12.6 Å². The van der Waals surface area contributed by atoms with Crippen LogP contribution in [0.3, 0.4) is 0 Å². The van der Waals surface area contributed by atoms with Gasteiger partial charge >= 0.3 is 17.6 Å². The number of aliphatic hydroxyl groups excluding tert-OH is 1. The van der Waals surface area contributed by atoms with Crippen molar-refractivity contribution in [1.82, 2.24) is 9.55 Å². The number of alkyl halides is 2. The molecule has 1 aliphatic rings. The highest BCUT2D eigenvalue weighted by Gasteiger charge is 2.60. The third-order valence-corrected chi connectivity index (χ3v) is 3.22. The Kier molecular flexibility index (Phi) is 5.24. The van der Waals surface area contributed by atoms with Crippen molar-refractivity contribution >= 4 is 18.1 Å². The van der Waals surface area contributed by atoms with E-state index in [1.807, 2.05) is 0 Å². The SMILES string of the molecule is Nc1ccn([C@@H]2O[C@H]([CH]OC(=O)CCC=O)[C@@H](O)C2(F)F)c(=O)n1. The molecule has 24 heavy (non-hydrogen) atoms. The summed E-state index contributed by atoms with van der Waals surface area (Å²) in [6, 6.07) is 1.11. The summed E-state index contributed by atoms with van der Waals surface area (Å²) in [7, 11) is 0. The van der Waals surface area contributed by atoms with E-state index in [2.05, 4.69) is 9.72 Å². The van der Waals surface area contributed by atoms with E-state index in [9.17, 15) is 28.3 Å². The molecule has 2 rings (SSSR count). The molecular weight excluding hydrogens is 332 g/mol. The Bertz CT molecular complexity index is 680.